The van der Waals surface area contributed by atoms with Crippen molar-refractivity contribution in [1.82, 2.24) is 0 Å². The second-order valence-corrected chi connectivity index (χ2v) is 0. The van der Waals surface area contributed by atoms with Gasteiger partial charge in [0.2, 0.25) is 0 Å². The molecule has 0 unspecified atom stereocenters. The molecule has 0 bridgehead atoms. The molecule has 0 heterocycles. The molecule has 0 aliphatic rings. The fraction of sp³-hybridized carbons (Fsp3) is 0. The van der Waals surface area contributed by atoms with Gasteiger partial charge in [-0.3, -0.25) is 0 Å². The quantitative estimate of drug-likeness (QED) is 0.430. The first-order valence-electron chi connectivity index (χ1n) is 0. The molecule has 0 saturated heterocycles. The Hall–Kier alpha value is 1.62. The van der Waals surface area contributed by atoms with Crippen LogP contribution in [0.3, 0.4) is 0 Å². The summed E-state index contributed by atoms with van der Waals surface area (Å²) in [7, 11) is 0. The topological polar surface area (TPSA) is 120 Å². The maximum Gasteiger partial charge on any atom is 2.00 e. The molecule has 0 aromatic carbocycles. The zero-order valence-corrected chi connectivity index (χ0v) is 5.95. The van der Waals surface area contributed by atoms with Gasteiger partial charge in [-0.2, -0.15) is 0 Å². The number of hydrogen-bond donors (Lipinski definition) is 0. The van der Waals surface area contributed by atoms with Gasteiger partial charge in [0.1, 0.15) is 0 Å². The fourth-order valence-corrected chi connectivity index (χ4v) is 0. The first-order chi connectivity index (χ1) is 0. The Morgan fingerprint density at radius 1 is 0.500 bits per heavy atom. The minimum atomic E-state index is 0. The summed E-state index contributed by atoms with van der Waals surface area (Å²) in [4.78, 5) is 0. The maximum atomic E-state index is 0. The molecule has 0 aromatic heterocycles. The smallest absolute Gasteiger partial charge is 0.870 e. The Balaban J connectivity index is 0. The number of rotatable bonds is 0. The Bertz CT molecular complexity index is 7.51. The van der Waals surface area contributed by atoms with Crippen LogP contribution in [0.5, 0.6) is 0 Å². The second-order valence-electron chi connectivity index (χ2n) is 0. The molecule has 0 saturated carbocycles. The predicted octanol–water partition coefficient (Wildman–Crippen LogP) is -1.09. The van der Waals surface area contributed by atoms with Gasteiger partial charge in [0.25, 0.3) is 0 Å². The van der Waals surface area contributed by atoms with Gasteiger partial charge in [-0.1, -0.05) is 0 Å². The Kier molecular flexibility index (Phi) is 1690. The van der Waals surface area contributed by atoms with Crippen LogP contribution in [-0.4, -0.2) is 59.6 Å². The summed E-state index contributed by atoms with van der Waals surface area (Å²) in [5.41, 5.74) is 0. The van der Waals surface area contributed by atoms with Crippen LogP contribution in [-0.2, 0) is 17.1 Å². The van der Waals surface area contributed by atoms with Crippen molar-refractivity contribution in [1.29, 1.82) is 0 Å². The van der Waals surface area contributed by atoms with Gasteiger partial charge in [0, 0.05) is 0 Å². The fourth-order valence-electron chi connectivity index (χ4n) is 0. The molecule has 0 amide bonds. The van der Waals surface area contributed by atoms with Crippen LogP contribution in [0.2, 0.25) is 0 Å². The molecule has 6 heavy (non-hydrogen) atoms. The molecule has 6 heteroatoms. The minimum absolute atomic E-state index is 0. The van der Waals surface area contributed by atoms with E-state index >= 15 is 0 Å². The van der Waals surface area contributed by atoms with Crippen LogP contribution in [0.4, 0.5) is 0 Å². The summed E-state index contributed by atoms with van der Waals surface area (Å²) < 4.78 is 0. The normalized spacial score (nSPS) is 0. The minimum Gasteiger partial charge on any atom is -0.870 e. The van der Waals surface area contributed by atoms with Crippen LogP contribution in [0.25, 0.3) is 0 Å². The van der Waals surface area contributed by atoms with Crippen molar-refractivity contribution in [3.05, 3.63) is 0 Å². The van der Waals surface area contributed by atoms with Crippen molar-refractivity contribution < 1.29 is 39.0 Å². The third kappa shape index (κ3) is 45.7. The zero-order valence-electron chi connectivity index (χ0n) is 2.80. The van der Waals surface area contributed by atoms with E-state index < -0.39 is 0 Å². The van der Waals surface area contributed by atoms with Crippen molar-refractivity contribution in [3.63, 3.8) is 0 Å². The van der Waals surface area contributed by atoms with Gasteiger partial charge in [0.05, 0.1) is 0 Å². The molecule has 0 aromatic rings. The first kappa shape index (κ1) is 127. The molecule has 1 radical (unpaired) electrons. The van der Waals surface area contributed by atoms with Crippen molar-refractivity contribution in [2.24, 2.45) is 0 Å². The summed E-state index contributed by atoms with van der Waals surface area (Å²) in [6.45, 7) is 0. The van der Waals surface area contributed by atoms with Crippen molar-refractivity contribution in [2.45, 2.75) is 0 Å². The Morgan fingerprint density at radius 3 is 0.500 bits per heavy atom. The SMILES string of the molecule is [Ca+2].[Cu+2].[OH-].[OH-].[OH-].[OH-]. The van der Waals surface area contributed by atoms with Gasteiger partial charge in [0.15, 0.2) is 0 Å². The summed E-state index contributed by atoms with van der Waals surface area (Å²) in [6, 6.07) is 0. The average molecular weight is 172 g/mol. The van der Waals surface area contributed by atoms with Crippen molar-refractivity contribution >= 4 is 37.7 Å². The van der Waals surface area contributed by atoms with Crippen molar-refractivity contribution in [3.8, 4) is 0 Å². The standard InChI is InChI=1S/Ca.Cu.4H2O/h;;4*1H2/q2*+2;;;;/p-4. The first-order valence-corrected chi connectivity index (χ1v) is 0. The number of hydrogen-bond acceptors (Lipinski definition) is 4. The van der Waals surface area contributed by atoms with E-state index in [1.54, 1.807) is 0 Å². The van der Waals surface area contributed by atoms with E-state index in [0.717, 1.165) is 0 Å². The molecule has 0 atom stereocenters. The van der Waals surface area contributed by atoms with Crippen molar-refractivity contribution in [2.75, 3.05) is 0 Å². The van der Waals surface area contributed by atoms with Crippen LogP contribution in [0, 0.1) is 0 Å². The molecular weight excluding hydrogens is 168 g/mol. The summed E-state index contributed by atoms with van der Waals surface area (Å²) in [5.74, 6) is 0. The third-order valence-corrected chi connectivity index (χ3v) is 0. The van der Waals surface area contributed by atoms with E-state index in [0.29, 0.717) is 0 Å². The third-order valence-electron chi connectivity index (χ3n) is 0. The van der Waals surface area contributed by atoms with E-state index in [4.69, 9.17) is 0 Å². The molecular formula is H4CaCuO4. The van der Waals surface area contributed by atoms with E-state index in [9.17, 15) is 0 Å². The van der Waals surface area contributed by atoms with E-state index in [1.165, 1.54) is 0 Å². The Labute approximate surface area is 76.0 Å². The summed E-state index contributed by atoms with van der Waals surface area (Å²) in [6.07, 6.45) is 0. The summed E-state index contributed by atoms with van der Waals surface area (Å²) >= 11 is 0. The van der Waals surface area contributed by atoms with Crippen LogP contribution in [0.15, 0.2) is 0 Å². The van der Waals surface area contributed by atoms with Crippen LogP contribution >= 0.6 is 0 Å². The summed E-state index contributed by atoms with van der Waals surface area (Å²) in [5, 5.41) is 0. The van der Waals surface area contributed by atoms with E-state index in [1.807, 2.05) is 0 Å². The molecule has 41 valence electrons. The second kappa shape index (κ2) is 79.7. The Morgan fingerprint density at radius 2 is 0.500 bits per heavy atom. The van der Waals surface area contributed by atoms with Crippen LogP contribution < -0.4 is 0 Å². The van der Waals surface area contributed by atoms with Crippen LogP contribution in [0.1, 0.15) is 0 Å². The van der Waals surface area contributed by atoms with Gasteiger partial charge >= 0.3 is 54.8 Å². The predicted molar refractivity (Wildman–Crippen MR) is 13.5 cm³/mol. The van der Waals surface area contributed by atoms with Gasteiger partial charge in [-0.15, -0.1) is 0 Å². The molecule has 4 N–H and O–H groups in total. The molecule has 4 nitrogen and oxygen atoms in total. The van der Waals surface area contributed by atoms with Gasteiger partial charge < -0.3 is 21.9 Å². The van der Waals surface area contributed by atoms with Gasteiger partial charge in [-0.25, -0.2) is 0 Å². The largest absolute Gasteiger partial charge is 2.00 e. The van der Waals surface area contributed by atoms with E-state index in [2.05, 4.69) is 0 Å². The monoisotopic (exact) mass is 171 g/mol. The maximum absolute atomic E-state index is 0. The zero-order chi connectivity index (χ0) is 0. The average Bonchev–Trinajstić information content (AvgIpc) is 0. The molecule has 0 aliphatic carbocycles. The molecule has 0 fully saturated rings. The molecule has 0 spiro atoms. The van der Waals surface area contributed by atoms with Gasteiger partial charge in [-0.05, 0) is 0 Å². The molecule has 0 rings (SSSR count). The molecule has 0 aliphatic heterocycles. The van der Waals surface area contributed by atoms with E-state index in [-0.39, 0.29) is 76.7 Å².